The van der Waals surface area contributed by atoms with Crippen LogP contribution in [0.25, 0.3) is 22.3 Å². The van der Waals surface area contributed by atoms with Gasteiger partial charge in [0.2, 0.25) is 11.9 Å². The van der Waals surface area contributed by atoms with E-state index in [9.17, 15) is 14.7 Å². The van der Waals surface area contributed by atoms with Crippen LogP contribution in [0.3, 0.4) is 0 Å². The number of carbonyl (C=O) groups is 2. The molecule has 3 heterocycles. The number of methoxy groups -OCH3 is 1. The maximum Gasteiger partial charge on any atom is 0.336 e. The maximum atomic E-state index is 12.7. The highest BCUT2D eigenvalue weighted by atomic mass is 16.5. The molecule has 1 aromatic carbocycles. The summed E-state index contributed by atoms with van der Waals surface area (Å²) >= 11 is 0. The molecule has 10 heteroatoms. The average Bonchev–Trinajstić information content (AvgIpc) is 3.35. The Hall–Kier alpha value is -3.79. The van der Waals surface area contributed by atoms with Crippen molar-refractivity contribution in [1.29, 1.82) is 0 Å². The number of unbranched alkanes of at least 4 members (excludes halogenated alkanes) is 1. The zero-order valence-corrected chi connectivity index (χ0v) is 23.4. The van der Waals surface area contributed by atoms with Crippen molar-refractivity contribution < 1.29 is 19.4 Å². The van der Waals surface area contributed by atoms with Crippen molar-refractivity contribution in [2.45, 2.75) is 83.4 Å². The molecule has 1 unspecified atom stereocenters. The molecule has 2 aliphatic rings. The van der Waals surface area contributed by atoms with E-state index in [2.05, 4.69) is 22.5 Å². The molecule has 40 heavy (non-hydrogen) atoms. The van der Waals surface area contributed by atoms with E-state index in [4.69, 9.17) is 14.8 Å². The van der Waals surface area contributed by atoms with Crippen molar-refractivity contribution in [3.05, 3.63) is 47.2 Å². The fraction of sp³-hybridized carbons (Fsp3) is 0.500. The quantitative estimate of drug-likeness (QED) is 0.262. The second-order valence-electron chi connectivity index (χ2n) is 10.6. The van der Waals surface area contributed by atoms with E-state index >= 15 is 0 Å². The molecule has 3 aromatic rings. The number of hydrogen-bond donors (Lipinski definition) is 3. The molecule has 2 aromatic heterocycles. The summed E-state index contributed by atoms with van der Waals surface area (Å²) in [7, 11) is 1.36. The first-order chi connectivity index (χ1) is 19.4. The van der Waals surface area contributed by atoms with Crippen molar-refractivity contribution in [1.82, 2.24) is 25.1 Å². The van der Waals surface area contributed by atoms with E-state index in [0.29, 0.717) is 17.9 Å². The number of carbonyl (C=O) groups excluding carboxylic acids is 2. The van der Waals surface area contributed by atoms with Crippen molar-refractivity contribution >= 4 is 28.9 Å². The molecule has 0 radical (unpaired) electrons. The maximum absolute atomic E-state index is 12.7. The number of rotatable bonds is 9. The van der Waals surface area contributed by atoms with Crippen LogP contribution in [0, 0.1) is 0 Å². The van der Waals surface area contributed by atoms with Gasteiger partial charge in [-0.3, -0.25) is 4.79 Å². The highest BCUT2D eigenvalue weighted by Gasteiger charge is 2.33. The molecular weight excluding hydrogens is 508 g/mol. The molecule has 212 valence electrons. The van der Waals surface area contributed by atoms with Gasteiger partial charge in [-0.1, -0.05) is 44.5 Å². The predicted molar refractivity (Wildman–Crippen MR) is 153 cm³/mol. The fourth-order valence-electron chi connectivity index (χ4n) is 5.70. The summed E-state index contributed by atoms with van der Waals surface area (Å²) in [6.07, 6.45) is 7.64. The van der Waals surface area contributed by atoms with Gasteiger partial charge in [0.1, 0.15) is 5.69 Å². The molecule has 5 rings (SSSR count). The molecule has 3 N–H and O–H groups in total. The van der Waals surface area contributed by atoms with Crippen molar-refractivity contribution in [3.63, 3.8) is 0 Å². The van der Waals surface area contributed by atoms with Crippen LogP contribution in [0.5, 0.6) is 0 Å². The summed E-state index contributed by atoms with van der Waals surface area (Å²) in [5.74, 6) is 0.0527. The van der Waals surface area contributed by atoms with E-state index in [1.54, 1.807) is 0 Å². The first-order valence-electron chi connectivity index (χ1n) is 14.3. The van der Waals surface area contributed by atoms with Crippen molar-refractivity contribution in [2.24, 2.45) is 0 Å². The third-order valence-electron chi connectivity index (χ3n) is 7.97. The number of esters is 1. The monoisotopic (exact) mass is 546 g/mol. The smallest absolute Gasteiger partial charge is 0.336 e. The summed E-state index contributed by atoms with van der Waals surface area (Å²) < 4.78 is 7.07. The third kappa shape index (κ3) is 5.58. The minimum Gasteiger partial charge on any atom is -0.466 e. The second-order valence-corrected chi connectivity index (χ2v) is 10.6. The van der Waals surface area contributed by atoms with E-state index in [0.717, 1.165) is 78.5 Å². The van der Waals surface area contributed by atoms with Gasteiger partial charge in [0, 0.05) is 24.7 Å². The lowest BCUT2D eigenvalue weighted by Crippen LogP contribution is -2.37. The molecule has 10 nitrogen and oxygen atoms in total. The minimum absolute atomic E-state index is 0.110. The van der Waals surface area contributed by atoms with Gasteiger partial charge >= 0.3 is 5.97 Å². The lowest BCUT2D eigenvalue weighted by atomic mass is 9.87. The summed E-state index contributed by atoms with van der Waals surface area (Å²) in [6, 6.07) is 7.34. The Bertz CT molecular complexity index is 1410. The zero-order valence-electron chi connectivity index (χ0n) is 23.4. The van der Waals surface area contributed by atoms with Gasteiger partial charge < -0.3 is 20.5 Å². The first-order valence-corrected chi connectivity index (χ1v) is 14.3. The number of aliphatic hydroxyl groups is 1. The van der Waals surface area contributed by atoms with Crippen LogP contribution in [0.1, 0.15) is 82.9 Å². The normalized spacial score (nSPS) is 21.4. The number of amides is 1. The molecule has 1 fully saturated rings. The Kier molecular flexibility index (Phi) is 8.44. The van der Waals surface area contributed by atoms with E-state index in [1.165, 1.54) is 7.11 Å². The SMILES string of the molecule is CCCCNc1ncc2c(-c3ccc(C4NC(=O)CC(CC)=C4C(=O)OC)cc3)nn(C3CCC(O)CC3)c2n1. The standard InChI is InChI=1S/C30H38N6O4/c1-4-6-15-31-30-32-17-23-26(35-36(28(23)34-30)21-11-13-22(37)14-12-21)19-7-9-20(10-8-19)27-25(29(39)40-3)18(5-2)16-24(38)33-27/h7-10,17,21-22,27,37H,4-6,11-16H2,1-3H3,(H,33,38)(H,31,32,34). The molecule has 1 aliphatic carbocycles. The molecule has 1 atom stereocenters. The number of benzene rings is 1. The van der Waals surface area contributed by atoms with Crippen LogP contribution in [0.4, 0.5) is 5.95 Å². The van der Waals surface area contributed by atoms with Gasteiger partial charge in [-0.25, -0.2) is 14.5 Å². The molecule has 0 bridgehead atoms. The Morgan fingerprint density at radius 1 is 1.18 bits per heavy atom. The summed E-state index contributed by atoms with van der Waals surface area (Å²) in [5.41, 5.74) is 4.54. The Balaban J connectivity index is 1.51. The second kappa shape index (κ2) is 12.2. The number of aliphatic hydroxyl groups excluding tert-OH is 1. The molecular formula is C30H38N6O4. The highest BCUT2D eigenvalue weighted by molar-refractivity contribution is 5.96. The average molecular weight is 547 g/mol. The van der Waals surface area contributed by atoms with Gasteiger partial charge in [-0.15, -0.1) is 0 Å². The summed E-state index contributed by atoms with van der Waals surface area (Å²) in [4.78, 5) is 34.5. The van der Waals surface area contributed by atoms with Crippen molar-refractivity contribution in [3.8, 4) is 11.3 Å². The minimum atomic E-state index is -0.569. The van der Waals surface area contributed by atoms with Crippen LogP contribution >= 0.6 is 0 Å². The van der Waals surface area contributed by atoms with Crippen LogP contribution in [0.2, 0.25) is 0 Å². The predicted octanol–water partition coefficient (Wildman–Crippen LogP) is 4.62. The molecule has 0 saturated heterocycles. The van der Waals surface area contributed by atoms with Gasteiger partial charge in [-0.2, -0.15) is 10.1 Å². The van der Waals surface area contributed by atoms with Gasteiger partial charge in [-0.05, 0) is 49.7 Å². The van der Waals surface area contributed by atoms with E-state index < -0.39 is 12.0 Å². The zero-order chi connectivity index (χ0) is 28.2. The summed E-state index contributed by atoms with van der Waals surface area (Å²) in [5, 5.41) is 22.2. The Morgan fingerprint density at radius 2 is 1.93 bits per heavy atom. The topological polar surface area (TPSA) is 131 Å². The molecule has 0 spiro atoms. The number of hydrogen-bond acceptors (Lipinski definition) is 8. The first kappa shape index (κ1) is 27.8. The highest BCUT2D eigenvalue weighted by Crippen LogP contribution is 2.36. The number of aromatic nitrogens is 4. The molecule has 1 aliphatic heterocycles. The third-order valence-corrected chi connectivity index (χ3v) is 7.97. The number of anilines is 1. The Labute approximate surface area is 234 Å². The number of fused-ring (bicyclic) bond motifs is 1. The van der Waals surface area contributed by atoms with Crippen LogP contribution < -0.4 is 10.6 Å². The van der Waals surface area contributed by atoms with Gasteiger partial charge in [0.05, 0.1) is 36.3 Å². The molecule has 1 saturated carbocycles. The van der Waals surface area contributed by atoms with E-state index in [-0.39, 0.29) is 24.5 Å². The number of ether oxygens (including phenoxy) is 1. The van der Waals surface area contributed by atoms with Crippen LogP contribution in [-0.4, -0.2) is 56.5 Å². The fourth-order valence-corrected chi connectivity index (χ4v) is 5.70. The van der Waals surface area contributed by atoms with Crippen LogP contribution in [0.15, 0.2) is 41.6 Å². The lowest BCUT2D eigenvalue weighted by molar-refractivity contribution is -0.137. The van der Waals surface area contributed by atoms with Gasteiger partial charge in [0.15, 0.2) is 5.65 Å². The number of nitrogens with one attached hydrogen (secondary N) is 2. The number of nitrogens with zero attached hydrogens (tertiary/aromatic N) is 4. The summed E-state index contributed by atoms with van der Waals surface area (Å²) in [6.45, 7) is 4.89. The lowest BCUT2D eigenvalue weighted by Gasteiger charge is -2.28. The van der Waals surface area contributed by atoms with Crippen LogP contribution in [-0.2, 0) is 14.3 Å². The van der Waals surface area contributed by atoms with Crippen molar-refractivity contribution in [2.75, 3.05) is 19.0 Å². The largest absolute Gasteiger partial charge is 0.466 e. The van der Waals surface area contributed by atoms with Gasteiger partial charge in [0.25, 0.3) is 0 Å². The molecule has 1 amide bonds. The Morgan fingerprint density at radius 3 is 2.60 bits per heavy atom. The van der Waals surface area contributed by atoms with E-state index in [1.807, 2.05) is 42.1 Å².